The summed E-state index contributed by atoms with van der Waals surface area (Å²) in [6.45, 7) is 13.0. The van der Waals surface area contributed by atoms with E-state index in [1.165, 1.54) is 7.11 Å². The van der Waals surface area contributed by atoms with Gasteiger partial charge in [0.15, 0.2) is 5.60 Å². The van der Waals surface area contributed by atoms with Crippen LogP contribution in [0.4, 0.5) is 0 Å². The van der Waals surface area contributed by atoms with Crippen LogP contribution in [0.15, 0.2) is 42.7 Å². The summed E-state index contributed by atoms with van der Waals surface area (Å²) >= 11 is 0. The van der Waals surface area contributed by atoms with Crippen LogP contribution in [-0.2, 0) is 23.7 Å². The van der Waals surface area contributed by atoms with Crippen LogP contribution < -0.4 is 0 Å². The van der Waals surface area contributed by atoms with E-state index in [9.17, 15) is 19.8 Å². The molecule has 1 spiro atoms. The van der Waals surface area contributed by atoms with Crippen LogP contribution in [0.5, 0.6) is 0 Å². The molecule has 3 aliphatic rings. The Balaban J connectivity index is 1.67. The minimum atomic E-state index is -1.40. The SMILES string of the molecule is C#C[C@@]1(OC)C[C@@H](C)CN(C)CC2(CCN(C(=O)c3ccccc3)CC2)OC(=O)C(C)(C)C(O)[C@H](C)[C@H]1O[C@@H]1OC(=C)C[C@H](N(C)C)[C@H]1O. The highest BCUT2D eigenvalue weighted by molar-refractivity contribution is 5.94. The molecule has 3 aliphatic heterocycles. The Hall–Kier alpha value is -2.98. The first kappa shape index (κ1) is 38.8. The van der Waals surface area contributed by atoms with Gasteiger partial charge in [0, 0.05) is 70.1 Å². The van der Waals surface area contributed by atoms with Crippen molar-refractivity contribution < 1.29 is 38.7 Å². The fraction of sp³-hybridized carbons (Fsp3) is 0.684. The van der Waals surface area contributed by atoms with Gasteiger partial charge in [0.25, 0.3) is 5.91 Å². The van der Waals surface area contributed by atoms with Gasteiger partial charge in [-0.15, -0.1) is 6.42 Å². The van der Waals surface area contributed by atoms with Crippen molar-refractivity contribution in [2.75, 3.05) is 54.4 Å². The van der Waals surface area contributed by atoms with E-state index in [2.05, 4.69) is 24.3 Å². The minimum Gasteiger partial charge on any atom is -0.467 e. The number of likely N-dealkylation sites (N-methyl/N-ethyl adjacent to an activating group) is 2. The molecular formula is C38H57N3O8. The summed E-state index contributed by atoms with van der Waals surface area (Å²) in [7, 11) is 7.22. The summed E-state index contributed by atoms with van der Waals surface area (Å²) in [6, 6.07) is 8.84. The number of aliphatic hydroxyl groups excluding tert-OH is 2. The maximum atomic E-state index is 14.2. The molecule has 1 aromatic carbocycles. The molecule has 1 aromatic rings. The van der Waals surface area contributed by atoms with Crippen molar-refractivity contribution in [3.8, 4) is 12.3 Å². The van der Waals surface area contributed by atoms with Crippen LogP contribution in [0, 0.1) is 29.6 Å². The Morgan fingerprint density at radius 2 is 1.78 bits per heavy atom. The quantitative estimate of drug-likeness (QED) is 0.354. The van der Waals surface area contributed by atoms with Gasteiger partial charge in [0.1, 0.15) is 17.8 Å². The number of nitrogens with zero attached hydrogens (tertiary/aromatic N) is 3. The number of hydrogen-bond acceptors (Lipinski definition) is 10. The number of terminal acetylenes is 1. The molecule has 49 heavy (non-hydrogen) atoms. The predicted octanol–water partition coefficient (Wildman–Crippen LogP) is 3.15. The molecule has 11 nitrogen and oxygen atoms in total. The second-order valence-electron chi connectivity index (χ2n) is 15.3. The van der Waals surface area contributed by atoms with E-state index in [1.54, 1.807) is 37.8 Å². The number of ether oxygens (including phenoxy) is 4. The van der Waals surface area contributed by atoms with Crippen molar-refractivity contribution in [2.45, 2.75) is 95.2 Å². The summed E-state index contributed by atoms with van der Waals surface area (Å²) in [6.07, 6.45) is 3.45. The van der Waals surface area contributed by atoms with E-state index in [0.29, 0.717) is 63.2 Å². The molecule has 272 valence electrons. The Morgan fingerprint density at radius 3 is 2.35 bits per heavy atom. The van der Waals surface area contributed by atoms with Crippen molar-refractivity contribution in [2.24, 2.45) is 17.3 Å². The van der Waals surface area contributed by atoms with E-state index < -0.39 is 53.1 Å². The number of rotatable bonds is 5. The van der Waals surface area contributed by atoms with Crippen molar-refractivity contribution in [3.63, 3.8) is 0 Å². The molecule has 0 saturated carbocycles. The standard InChI is InChI=1S/C38H57N3O8/c1-11-38(46-10)22-25(2)23-40(9)24-37(17-19-41(20-18-37)33(44)28-15-13-12-14-16-28)49-35(45)36(5,6)31(43)27(4)32(38)48-34-30(42)29(39(7)8)21-26(3)47-34/h1,12-16,25,27,29-32,34,42-43H,3,17-24H2,2,4-10H3/t25-,27+,29+,30-,31?,32-,34+,38-/m1/s1. The fourth-order valence-electron chi connectivity index (χ4n) is 7.85. The van der Waals surface area contributed by atoms with Crippen molar-refractivity contribution >= 4 is 11.9 Å². The van der Waals surface area contributed by atoms with E-state index in [1.807, 2.05) is 44.2 Å². The highest BCUT2D eigenvalue weighted by atomic mass is 16.7. The molecule has 3 saturated heterocycles. The number of likely N-dealkylation sites (tertiary alicyclic amines) is 1. The van der Waals surface area contributed by atoms with E-state index in [-0.39, 0.29) is 17.9 Å². The fourth-order valence-corrected chi connectivity index (χ4v) is 7.85. The molecule has 3 heterocycles. The van der Waals surface area contributed by atoms with Crippen LogP contribution >= 0.6 is 0 Å². The van der Waals surface area contributed by atoms with Crippen LogP contribution in [-0.4, -0.2) is 133 Å². The summed E-state index contributed by atoms with van der Waals surface area (Å²) in [4.78, 5) is 33.3. The van der Waals surface area contributed by atoms with Gasteiger partial charge in [-0.25, -0.2) is 0 Å². The summed E-state index contributed by atoms with van der Waals surface area (Å²) in [5.74, 6) is 1.88. The van der Waals surface area contributed by atoms with Gasteiger partial charge in [-0.2, -0.15) is 0 Å². The zero-order valence-electron chi connectivity index (χ0n) is 30.6. The maximum Gasteiger partial charge on any atom is 0.314 e. The molecule has 1 unspecified atom stereocenters. The van der Waals surface area contributed by atoms with Gasteiger partial charge in [0.05, 0.1) is 17.3 Å². The second kappa shape index (κ2) is 15.5. The van der Waals surface area contributed by atoms with Crippen LogP contribution in [0.25, 0.3) is 0 Å². The Bertz CT molecular complexity index is 1350. The zero-order valence-corrected chi connectivity index (χ0v) is 30.6. The molecular weight excluding hydrogens is 626 g/mol. The highest BCUT2D eigenvalue weighted by Crippen LogP contribution is 2.41. The molecule has 3 fully saturated rings. The maximum absolute atomic E-state index is 14.2. The monoisotopic (exact) mass is 683 g/mol. The highest BCUT2D eigenvalue weighted by Gasteiger charge is 2.54. The van der Waals surface area contributed by atoms with Gasteiger partial charge < -0.3 is 43.9 Å². The third kappa shape index (κ3) is 8.33. The summed E-state index contributed by atoms with van der Waals surface area (Å²) < 4.78 is 25.2. The smallest absolute Gasteiger partial charge is 0.314 e. The molecule has 11 heteroatoms. The van der Waals surface area contributed by atoms with Gasteiger partial charge in [-0.3, -0.25) is 9.59 Å². The average Bonchev–Trinajstić information content (AvgIpc) is 3.06. The molecule has 0 bridgehead atoms. The first-order chi connectivity index (χ1) is 23.0. The second-order valence-corrected chi connectivity index (χ2v) is 15.3. The number of piperidine rings is 1. The first-order valence-electron chi connectivity index (χ1n) is 17.3. The number of carbonyl (C=O) groups excluding carboxylic acids is 2. The van der Waals surface area contributed by atoms with Gasteiger partial charge in [-0.1, -0.05) is 44.5 Å². The van der Waals surface area contributed by atoms with Crippen molar-refractivity contribution in [1.82, 2.24) is 14.7 Å². The normalized spacial score (nSPS) is 34.6. The Morgan fingerprint density at radius 1 is 1.14 bits per heavy atom. The third-order valence-corrected chi connectivity index (χ3v) is 10.8. The molecule has 8 atom stereocenters. The van der Waals surface area contributed by atoms with Gasteiger partial charge in [0.2, 0.25) is 6.29 Å². The molecule has 2 N–H and O–H groups in total. The lowest BCUT2D eigenvalue weighted by Crippen LogP contribution is -2.60. The number of hydrogen-bond donors (Lipinski definition) is 2. The topological polar surface area (TPSA) is 121 Å². The van der Waals surface area contributed by atoms with Crippen LogP contribution in [0.3, 0.4) is 0 Å². The van der Waals surface area contributed by atoms with Crippen LogP contribution in [0.2, 0.25) is 0 Å². The number of esters is 1. The lowest BCUT2D eigenvalue weighted by Gasteiger charge is -2.47. The summed E-state index contributed by atoms with van der Waals surface area (Å²) in [5, 5.41) is 23.4. The zero-order chi connectivity index (χ0) is 36.3. The number of benzene rings is 1. The lowest BCUT2D eigenvalue weighted by molar-refractivity contribution is -0.270. The first-order valence-corrected chi connectivity index (χ1v) is 17.3. The number of amides is 1. The summed E-state index contributed by atoms with van der Waals surface area (Å²) in [5.41, 5.74) is -3.02. The molecule has 0 aromatic heterocycles. The minimum absolute atomic E-state index is 0.0283. The van der Waals surface area contributed by atoms with E-state index >= 15 is 0 Å². The average molecular weight is 684 g/mol. The number of methoxy groups -OCH3 is 1. The third-order valence-electron chi connectivity index (χ3n) is 10.8. The predicted molar refractivity (Wildman–Crippen MR) is 186 cm³/mol. The molecule has 0 radical (unpaired) electrons. The van der Waals surface area contributed by atoms with Gasteiger partial charge in [-0.05, 0) is 59.5 Å². The number of aliphatic hydroxyl groups is 2. The van der Waals surface area contributed by atoms with Crippen molar-refractivity contribution in [1.29, 1.82) is 0 Å². The van der Waals surface area contributed by atoms with E-state index in [4.69, 9.17) is 25.4 Å². The van der Waals surface area contributed by atoms with Crippen molar-refractivity contribution in [3.05, 3.63) is 48.2 Å². The largest absolute Gasteiger partial charge is 0.467 e. The van der Waals surface area contributed by atoms with Crippen LogP contribution in [0.1, 0.15) is 63.7 Å². The number of carbonyl (C=O) groups is 2. The lowest BCUT2D eigenvalue weighted by atomic mass is 9.72. The molecule has 1 amide bonds. The Labute approximate surface area is 292 Å². The molecule has 0 aliphatic carbocycles. The van der Waals surface area contributed by atoms with Gasteiger partial charge >= 0.3 is 5.97 Å². The Kier molecular flexibility index (Phi) is 12.3. The van der Waals surface area contributed by atoms with E-state index in [0.717, 1.165) is 0 Å². The molecule has 4 rings (SSSR count).